The molecule has 0 radical (unpaired) electrons. The van der Waals surface area contributed by atoms with E-state index in [0.29, 0.717) is 11.8 Å². The minimum absolute atomic E-state index is 0.378. The summed E-state index contributed by atoms with van der Waals surface area (Å²) in [5, 5.41) is 0. The average molecular weight is 257 g/mol. The summed E-state index contributed by atoms with van der Waals surface area (Å²) in [6.45, 7) is 0. The molecule has 0 N–H and O–H groups in total. The van der Waals surface area contributed by atoms with Crippen LogP contribution in [0.15, 0.2) is 89.5 Å². The molecule has 2 atom stereocenters. The van der Waals surface area contributed by atoms with Gasteiger partial charge in [-0.25, -0.2) is 0 Å². The molecule has 3 aliphatic rings. The number of allylic oxidation sites excluding steroid dienone is 9. The van der Waals surface area contributed by atoms with Gasteiger partial charge in [0, 0.05) is 23.1 Å². The Hall–Kier alpha value is -2.41. The average Bonchev–Trinajstić information content (AvgIpc) is 2.55. The molecule has 1 aromatic carbocycles. The second-order valence-electron chi connectivity index (χ2n) is 5.25. The third-order valence-electron chi connectivity index (χ3n) is 4.05. The molecule has 0 amide bonds. The van der Waals surface area contributed by atoms with E-state index in [9.17, 15) is 0 Å². The van der Waals surface area contributed by atoms with Crippen LogP contribution in [0.4, 0.5) is 0 Å². The Morgan fingerprint density at radius 3 is 2.35 bits per heavy atom. The number of hydrogen-bond donors (Lipinski definition) is 0. The van der Waals surface area contributed by atoms with Crippen molar-refractivity contribution in [3.05, 3.63) is 90.1 Å². The largest absolute Gasteiger partial charge is 0.252 e. The Morgan fingerprint density at radius 2 is 1.50 bits per heavy atom. The van der Waals surface area contributed by atoms with E-state index in [0.717, 1.165) is 5.70 Å². The Labute approximate surface area is 119 Å². The van der Waals surface area contributed by atoms with Gasteiger partial charge in [-0.05, 0) is 11.6 Å². The molecule has 4 rings (SSSR count). The highest BCUT2D eigenvalue weighted by Crippen LogP contribution is 2.40. The van der Waals surface area contributed by atoms with Crippen LogP contribution >= 0.6 is 0 Å². The summed E-state index contributed by atoms with van der Waals surface area (Å²) in [6, 6.07) is 10.5. The third kappa shape index (κ3) is 1.75. The second-order valence-corrected chi connectivity index (χ2v) is 5.25. The quantitative estimate of drug-likeness (QED) is 0.709. The molecule has 1 aliphatic heterocycles. The van der Waals surface area contributed by atoms with Gasteiger partial charge in [0.25, 0.3) is 0 Å². The van der Waals surface area contributed by atoms with Gasteiger partial charge in [-0.3, -0.25) is 4.99 Å². The van der Waals surface area contributed by atoms with Crippen LogP contribution in [0.2, 0.25) is 0 Å². The molecule has 1 heteroatoms. The maximum absolute atomic E-state index is 4.93. The predicted molar refractivity (Wildman–Crippen MR) is 84.3 cm³/mol. The van der Waals surface area contributed by atoms with Crippen molar-refractivity contribution in [2.45, 2.75) is 0 Å². The summed E-state index contributed by atoms with van der Waals surface area (Å²) < 4.78 is 0. The summed E-state index contributed by atoms with van der Waals surface area (Å²) >= 11 is 0. The number of benzene rings is 1. The van der Waals surface area contributed by atoms with Gasteiger partial charge in [-0.2, -0.15) is 0 Å². The maximum atomic E-state index is 4.93. The standard InChI is InChI=1S/C19H15N/c1-2-8-14(9-3-1)19-17-12-5-4-10-15(17)16-11-6-7-13-18(16)20-19/h1-13,15-16H. The zero-order valence-corrected chi connectivity index (χ0v) is 11.1. The van der Waals surface area contributed by atoms with Gasteiger partial charge in [0.05, 0.1) is 5.70 Å². The lowest BCUT2D eigenvalue weighted by molar-refractivity contribution is 0.672. The lowest BCUT2D eigenvalue weighted by Gasteiger charge is -2.32. The number of aliphatic imine (C=N–C) groups is 1. The Morgan fingerprint density at radius 1 is 0.750 bits per heavy atom. The van der Waals surface area contributed by atoms with E-state index in [1.807, 2.05) is 6.07 Å². The molecule has 0 fully saturated rings. The Bertz CT molecular complexity index is 711. The van der Waals surface area contributed by atoms with Gasteiger partial charge < -0.3 is 0 Å². The van der Waals surface area contributed by atoms with E-state index < -0.39 is 0 Å². The molecular formula is C19H15N. The molecule has 0 bridgehead atoms. The minimum Gasteiger partial charge on any atom is -0.252 e. The topological polar surface area (TPSA) is 12.4 Å². The van der Waals surface area contributed by atoms with Crippen molar-refractivity contribution in [1.29, 1.82) is 0 Å². The van der Waals surface area contributed by atoms with Crippen molar-refractivity contribution in [1.82, 2.24) is 0 Å². The smallest absolute Gasteiger partial charge is 0.0743 e. The lowest BCUT2D eigenvalue weighted by atomic mass is 9.75. The van der Waals surface area contributed by atoms with Crippen molar-refractivity contribution < 1.29 is 0 Å². The Balaban J connectivity index is 1.92. The molecule has 2 aliphatic carbocycles. The van der Waals surface area contributed by atoms with Gasteiger partial charge in [-0.15, -0.1) is 0 Å². The van der Waals surface area contributed by atoms with Crippen LogP contribution in [0.25, 0.3) is 5.70 Å². The normalized spacial score (nSPS) is 26.3. The molecule has 0 saturated carbocycles. The first-order valence-corrected chi connectivity index (χ1v) is 7.01. The predicted octanol–water partition coefficient (Wildman–Crippen LogP) is 4.34. The molecule has 0 saturated heterocycles. The fourth-order valence-electron chi connectivity index (χ4n) is 3.09. The van der Waals surface area contributed by atoms with E-state index in [1.165, 1.54) is 16.8 Å². The maximum Gasteiger partial charge on any atom is 0.0743 e. The van der Waals surface area contributed by atoms with E-state index in [1.54, 1.807) is 0 Å². The monoisotopic (exact) mass is 257 g/mol. The first-order chi connectivity index (χ1) is 9.93. The summed E-state index contributed by atoms with van der Waals surface area (Å²) in [5.74, 6) is 0.785. The van der Waals surface area contributed by atoms with Gasteiger partial charge in [0.15, 0.2) is 0 Å². The molecule has 0 aromatic heterocycles. The van der Waals surface area contributed by atoms with Gasteiger partial charge in [0.1, 0.15) is 0 Å². The lowest BCUT2D eigenvalue weighted by Crippen LogP contribution is -2.27. The zero-order chi connectivity index (χ0) is 13.4. The number of nitrogens with zero attached hydrogens (tertiary/aromatic N) is 1. The molecule has 96 valence electrons. The van der Waals surface area contributed by atoms with Crippen LogP contribution in [0.3, 0.4) is 0 Å². The minimum atomic E-state index is 0.378. The van der Waals surface area contributed by atoms with E-state index in [2.05, 4.69) is 72.9 Å². The first-order valence-electron chi connectivity index (χ1n) is 7.01. The highest BCUT2D eigenvalue weighted by atomic mass is 14.8. The zero-order valence-electron chi connectivity index (χ0n) is 11.1. The molecule has 1 aromatic rings. The van der Waals surface area contributed by atoms with Crippen LogP contribution in [-0.2, 0) is 0 Å². The molecular weight excluding hydrogens is 242 g/mol. The van der Waals surface area contributed by atoms with Crippen molar-refractivity contribution in [2.75, 3.05) is 0 Å². The van der Waals surface area contributed by atoms with Crippen molar-refractivity contribution >= 4 is 11.4 Å². The van der Waals surface area contributed by atoms with Gasteiger partial charge >= 0.3 is 0 Å². The first kappa shape index (κ1) is 11.4. The van der Waals surface area contributed by atoms with E-state index >= 15 is 0 Å². The van der Waals surface area contributed by atoms with Crippen molar-refractivity contribution in [3.8, 4) is 0 Å². The van der Waals surface area contributed by atoms with Crippen LogP contribution in [-0.4, -0.2) is 5.71 Å². The van der Waals surface area contributed by atoms with Crippen molar-refractivity contribution in [2.24, 2.45) is 16.8 Å². The molecule has 1 heterocycles. The fraction of sp³-hybridized carbons (Fsp3) is 0.105. The third-order valence-corrected chi connectivity index (χ3v) is 4.05. The van der Waals surface area contributed by atoms with Gasteiger partial charge in [-0.1, -0.05) is 72.9 Å². The molecule has 20 heavy (non-hydrogen) atoms. The number of rotatable bonds is 1. The van der Waals surface area contributed by atoms with E-state index in [4.69, 9.17) is 4.99 Å². The molecule has 0 spiro atoms. The van der Waals surface area contributed by atoms with Gasteiger partial charge in [0.2, 0.25) is 0 Å². The summed E-state index contributed by atoms with van der Waals surface area (Å²) in [6.07, 6.45) is 17.3. The molecule has 1 nitrogen and oxygen atoms in total. The van der Waals surface area contributed by atoms with Crippen LogP contribution in [0, 0.1) is 11.8 Å². The van der Waals surface area contributed by atoms with Crippen LogP contribution in [0.1, 0.15) is 5.56 Å². The number of fused-ring (bicyclic) bond motifs is 3. The Kier molecular flexibility index (Phi) is 2.63. The highest BCUT2D eigenvalue weighted by molar-refractivity contribution is 6.05. The summed E-state index contributed by atoms with van der Waals surface area (Å²) in [5.41, 5.74) is 4.80. The van der Waals surface area contributed by atoms with Crippen molar-refractivity contribution in [3.63, 3.8) is 0 Å². The van der Waals surface area contributed by atoms with Crippen LogP contribution < -0.4 is 0 Å². The SMILES string of the molecule is C1=CC2=NC(c3ccccc3)=C3C=CC=CC3C2C=C1. The summed E-state index contributed by atoms with van der Waals surface area (Å²) in [7, 11) is 0. The van der Waals surface area contributed by atoms with Crippen LogP contribution in [0.5, 0.6) is 0 Å². The number of hydrogen-bond acceptors (Lipinski definition) is 1. The highest BCUT2D eigenvalue weighted by Gasteiger charge is 2.31. The fourth-order valence-corrected chi connectivity index (χ4v) is 3.09. The summed E-state index contributed by atoms with van der Waals surface area (Å²) in [4.78, 5) is 4.93. The van der Waals surface area contributed by atoms with E-state index in [-0.39, 0.29) is 0 Å². The second kappa shape index (κ2) is 4.61. The molecule has 2 unspecified atom stereocenters.